The van der Waals surface area contributed by atoms with Crippen LogP contribution in [0.1, 0.15) is 36.0 Å². The summed E-state index contributed by atoms with van der Waals surface area (Å²) >= 11 is 0. The number of rotatable bonds is 8. The van der Waals surface area contributed by atoms with Crippen LogP contribution >= 0.6 is 0 Å². The molecule has 2 aromatic carbocycles. The third-order valence-electron chi connectivity index (χ3n) is 4.76. The van der Waals surface area contributed by atoms with Gasteiger partial charge in [0.1, 0.15) is 5.75 Å². The maximum atomic E-state index is 12.3. The van der Waals surface area contributed by atoms with Crippen LogP contribution in [0.25, 0.3) is 0 Å². The molecule has 1 aliphatic heterocycles. The van der Waals surface area contributed by atoms with Gasteiger partial charge in [0, 0.05) is 31.5 Å². The lowest BCUT2D eigenvalue weighted by Crippen LogP contribution is -2.26. The van der Waals surface area contributed by atoms with Crippen molar-refractivity contribution >= 4 is 29.1 Å². The van der Waals surface area contributed by atoms with Crippen molar-refractivity contribution in [2.24, 2.45) is 0 Å². The highest BCUT2D eigenvalue weighted by molar-refractivity contribution is 6.02. The molecule has 1 fully saturated rings. The van der Waals surface area contributed by atoms with Crippen LogP contribution in [0.4, 0.5) is 11.4 Å². The molecule has 0 bridgehead atoms. The SMILES string of the molecule is COc1ccc(C(=O)NCCCC(=O)Nc2ccccc2N2CCCC2=O)cc1. The zero-order valence-electron chi connectivity index (χ0n) is 16.4. The highest BCUT2D eigenvalue weighted by Gasteiger charge is 2.24. The molecule has 7 heteroatoms. The largest absolute Gasteiger partial charge is 0.497 e. The molecule has 1 aliphatic rings. The van der Waals surface area contributed by atoms with Crippen LogP contribution in [0.2, 0.25) is 0 Å². The number of hydrogen-bond donors (Lipinski definition) is 2. The summed E-state index contributed by atoms with van der Waals surface area (Å²) in [6, 6.07) is 14.2. The van der Waals surface area contributed by atoms with Crippen LogP contribution in [0.5, 0.6) is 5.75 Å². The van der Waals surface area contributed by atoms with Crippen molar-refractivity contribution in [3.05, 3.63) is 54.1 Å². The van der Waals surface area contributed by atoms with E-state index in [9.17, 15) is 14.4 Å². The third kappa shape index (κ3) is 5.34. The average Bonchev–Trinajstić information content (AvgIpc) is 3.17. The first-order valence-corrected chi connectivity index (χ1v) is 9.70. The van der Waals surface area contributed by atoms with Crippen LogP contribution in [0, 0.1) is 0 Å². The summed E-state index contributed by atoms with van der Waals surface area (Å²) in [4.78, 5) is 38.1. The molecular weight excluding hydrogens is 370 g/mol. The Balaban J connectivity index is 1.46. The van der Waals surface area contributed by atoms with Crippen molar-refractivity contribution < 1.29 is 19.1 Å². The monoisotopic (exact) mass is 395 g/mol. The minimum atomic E-state index is -0.189. The van der Waals surface area contributed by atoms with E-state index in [4.69, 9.17) is 4.74 Å². The second kappa shape index (κ2) is 9.73. The van der Waals surface area contributed by atoms with Crippen molar-refractivity contribution in [2.75, 3.05) is 30.4 Å². The molecule has 2 aromatic rings. The number of amides is 3. The van der Waals surface area contributed by atoms with Gasteiger partial charge in [-0.05, 0) is 49.2 Å². The Kier molecular flexibility index (Phi) is 6.84. The van der Waals surface area contributed by atoms with Gasteiger partial charge in [-0.25, -0.2) is 0 Å². The van der Waals surface area contributed by atoms with Gasteiger partial charge < -0.3 is 20.3 Å². The predicted octanol–water partition coefficient (Wildman–Crippen LogP) is 2.97. The molecule has 1 heterocycles. The fraction of sp³-hybridized carbons (Fsp3) is 0.318. The first kappa shape index (κ1) is 20.4. The fourth-order valence-corrected chi connectivity index (χ4v) is 3.23. The van der Waals surface area contributed by atoms with Crippen molar-refractivity contribution in [3.8, 4) is 5.75 Å². The maximum Gasteiger partial charge on any atom is 0.251 e. The molecule has 2 N–H and O–H groups in total. The van der Waals surface area contributed by atoms with Gasteiger partial charge in [-0.3, -0.25) is 14.4 Å². The van der Waals surface area contributed by atoms with Gasteiger partial charge in [0.25, 0.3) is 5.91 Å². The second-order valence-electron chi connectivity index (χ2n) is 6.80. The molecule has 152 valence electrons. The van der Waals surface area contributed by atoms with Gasteiger partial charge in [0.2, 0.25) is 11.8 Å². The molecule has 0 aromatic heterocycles. The van der Waals surface area contributed by atoms with E-state index in [1.807, 2.05) is 18.2 Å². The van der Waals surface area contributed by atoms with Gasteiger partial charge >= 0.3 is 0 Å². The summed E-state index contributed by atoms with van der Waals surface area (Å²) < 4.78 is 5.07. The normalized spacial score (nSPS) is 13.3. The number of anilines is 2. The van der Waals surface area contributed by atoms with Gasteiger partial charge in [0.05, 0.1) is 18.5 Å². The number of ether oxygens (including phenoxy) is 1. The molecule has 0 radical (unpaired) electrons. The quantitative estimate of drug-likeness (QED) is 0.673. The Morgan fingerprint density at radius 3 is 2.55 bits per heavy atom. The van der Waals surface area contributed by atoms with Crippen LogP contribution in [-0.4, -0.2) is 37.9 Å². The topological polar surface area (TPSA) is 87.7 Å². The van der Waals surface area contributed by atoms with Crippen molar-refractivity contribution in [2.45, 2.75) is 25.7 Å². The van der Waals surface area contributed by atoms with E-state index in [-0.39, 0.29) is 24.1 Å². The third-order valence-corrected chi connectivity index (χ3v) is 4.76. The lowest BCUT2D eigenvalue weighted by atomic mass is 10.2. The smallest absolute Gasteiger partial charge is 0.251 e. The zero-order chi connectivity index (χ0) is 20.6. The van der Waals surface area contributed by atoms with Crippen LogP contribution < -0.4 is 20.3 Å². The Hall–Kier alpha value is -3.35. The number of carbonyl (C=O) groups is 3. The van der Waals surface area contributed by atoms with Gasteiger partial charge in [-0.2, -0.15) is 0 Å². The average molecular weight is 395 g/mol. The number of hydrogen-bond acceptors (Lipinski definition) is 4. The van der Waals surface area contributed by atoms with E-state index in [2.05, 4.69) is 10.6 Å². The number of nitrogens with one attached hydrogen (secondary N) is 2. The van der Waals surface area contributed by atoms with Crippen LogP contribution in [0.15, 0.2) is 48.5 Å². The van der Waals surface area contributed by atoms with E-state index < -0.39 is 0 Å². The molecule has 0 aliphatic carbocycles. The first-order valence-electron chi connectivity index (χ1n) is 9.70. The summed E-state index contributed by atoms with van der Waals surface area (Å²) in [6.07, 6.45) is 2.15. The molecule has 0 unspecified atom stereocenters. The van der Waals surface area contributed by atoms with Gasteiger partial charge in [0.15, 0.2) is 0 Å². The Morgan fingerprint density at radius 1 is 1.10 bits per heavy atom. The lowest BCUT2D eigenvalue weighted by molar-refractivity contribution is -0.117. The van der Waals surface area contributed by atoms with Crippen molar-refractivity contribution in [3.63, 3.8) is 0 Å². The minimum absolute atomic E-state index is 0.0768. The highest BCUT2D eigenvalue weighted by atomic mass is 16.5. The number of para-hydroxylation sites is 2. The number of methoxy groups -OCH3 is 1. The van der Waals surface area contributed by atoms with E-state index >= 15 is 0 Å². The molecule has 0 atom stereocenters. The van der Waals surface area contributed by atoms with Crippen molar-refractivity contribution in [1.29, 1.82) is 0 Å². The summed E-state index contributed by atoms with van der Waals surface area (Å²) in [6.45, 7) is 1.06. The van der Waals surface area contributed by atoms with Crippen molar-refractivity contribution in [1.82, 2.24) is 5.32 Å². The Labute approximate surface area is 170 Å². The van der Waals surface area contributed by atoms with E-state index in [0.717, 1.165) is 12.1 Å². The van der Waals surface area contributed by atoms with Gasteiger partial charge in [-0.1, -0.05) is 12.1 Å². The molecule has 3 amide bonds. The Bertz CT molecular complexity index is 880. The minimum Gasteiger partial charge on any atom is -0.497 e. The first-order chi connectivity index (χ1) is 14.1. The molecule has 29 heavy (non-hydrogen) atoms. The van der Waals surface area contributed by atoms with E-state index in [1.54, 1.807) is 42.3 Å². The highest BCUT2D eigenvalue weighted by Crippen LogP contribution is 2.29. The molecule has 0 spiro atoms. The predicted molar refractivity (Wildman–Crippen MR) is 111 cm³/mol. The zero-order valence-corrected chi connectivity index (χ0v) is 16.4. The second-order valence-corrected chi connectivity index (χ2v) is 6.80. The summed E-state index contributed by atoms with van der Waals surface area (Å²) in [7, 11) is 1.57. The fourth-order valence-electron chi connectivity index (χ4n) is 3.23. The van der Waals surface area contributed by atoms with E-state index in [0.29, 0.717) is 42.9 Å². The number of nitrogens with zero attached hydrogens (tertiary/aromatic N) is 1. The van der Waals surface area contributed by atoms with E-state index in [1.165, 1.54) is 0 Å². The molecule has 7 nitrogen and oxygen atoms in total. The van der Waals surface area contributed by atoms with Crippen LogP contribution in [-0.2, 0) is 9.59 Å². The number of benzene rings is 2. The molecule has 0 saturated carbocycles. The summed E-state index contributed by atoms with van der Waals surface area (Å²) in [5, 5.41) is 5.69. The molecule has 1 saturated heterocycles. The Morgan fingerprint density at radius 2 is 1.86 bits per heavy atom. The summed E-state index contributed by atoms with van der Waals surface area (Å²) in [5.41, 5.74) is 1.91. The standard InChI is InChI=1S/C22H25N3O4/c1-29-17-12-10-16(11-13-17)22(28)23-14-4-8-20(26)24-18-6-2-3-7-19(18)25-15-5-9-21(25)27/h2-3,6-7,10-13H,4-5,8-9,14-15H2,1H3,(H,23,28)(H,24,26). The van der Waals surface area contributed by atoms with Gasteiger partial charge in [-0.15, -0.1) is 0 Å². The maximum absolute atomic E-state index is 12.3. The lowest BCUT2D eigenvalue weighted by Gasteiger charge is -2.20. The van der Waals surface area contributed by atoms with Crippen LogP contribution in [0.3, 0.4) is 0 Å². The summed E-state index contributed by atoms with van der Waals surface area (Å²) in [5.74, 6) is 0.427. The number of carbonyl (C=O) groups excluding carboxylic acids is 3. The molecular formula is C22H25N3O4. The molecule has 3 rings (SSSR count).